The molecule has 0 aromatic heterocycles. The Balaban J connectivity index is 3.25. The summed E-state index contributed by atoms with van der Waals surface area (Å²) in [5.74, 6) is 0. The summed E-state index contributed by atoms with van der Waals surface area (Å²) >= 11 is 8.94. The van der Waals surface area contributed by atoms with Gasteiger partial charge in [0.25, 0.3) is 0 Å². The topological polar surface area (TPSA) is 0 Å². The number of hydrogen-bond donors (Lipinski definition) is 0. The minimum atomic E-state index is 0.581. The largest absolute Gasteiger partial charge is 0.115 e. The Hall–Kier alpha value is 0.0549. The molecule has 0 nitrogen and oxygen atoms in total. The highest BCUT2D eigenvalue weighted by molar-refractivity contribution is 9.10. The molecule has 1 rings (SSSR count). The van der Waals surface area contributed by atoms with Crippen molar-refractivity contribution in [2.75, 3.05) is 0 Å². The van der Waals surface area contributed by atoms with Gasteiger partial charge in [0.05, 0.1) is 0 Å². The van der Waals surface area contributed by atoms with E-state index in [0.717, 1.165) is 4.47 Å². The van der Waals surface area contributed by atoms with Crippen molar-refractivity contribution in [3.8, 4) is 0 Å². The van der Waals surface area contributed by atoms with Gasteiger partial charge in [-0.1, -0.05) is 29.2 Å². The average Bonchev–Trinajstić information content (AvgIpc) is 1.83. The first-order valence-corrected chi connectivity index (χ1v) is 3.58. The van der Waals surface area contributed by atoms with E-state index in [1.165, 1.54) is 0 Å². The second-order valence-electron chi connectivity index (χ2n) is 1.64. The normalized spacial score (nSPS) is 9.56. The van der Waals surface area contributed by atoms with Crippen LogP contribution < -0.4 is 5.46 Å². The molecule has 44 valence electrons. The summed E-state index contributed by atoms with van der Waals surface area (Å²) < 4.78 is 0.837. The van der Waals surface area contributed by atoms with Crippen molar-refractivity contribution in [2.45, 2.75) is 0 Å². The van der Waals surface area contributed by atoms with Crippen molar-refractivity contribution >= 4 is 40.8 Å². The van der Waals surface area contributed by atoms with Crippen molar-refractivity contribution < 1.29 is 0 Å². The molecule has 1 aromatic carbocycles. The summed E-state index contributed by atoms with van der Waals surface area (Å²) in [6, 6.07) is 5.44. The zero-order valence-corrected chi connectivity index (χ0v) is 6.91. The van der Waals surface area contributed by atoms with Crippen molar-refractivity contribution in [1.82, 2.24) is 0 Å². The van der Waals surface area contributed by atoms with Gasteiger partial charge in [-0.3, -0.25) is 0 Å². The molecule has 9 heavy (non-hydrogen) atoms. The van der Waals surface area contributed by atoms with Crippen LogP contribution in [0.2, 0.25) is 5.02 Å². The molecule has 1 aromatic rings. The van der Waals surface area contributed by atoms with Crippen molar-refractivity contribution in [1.29, 1.82) is 0 Å². The Kier molecular flexibility index (Phi) is 2.20. The Morgan fingerprint density at radius 2 is 2.11 bits per heavy atom. The van der Waals surface area contributed by atoms with Gasteiger partial charge in [0.2, 0.25) is 0 Å². The Labute approximate surface area is 68.8 Å². The van der Waals surface area contributed by atoms with Crippen LogP contribution in [0.5, 0.6) is 0 Å². The van der Waals surface area contributed by atoms with Gasteiger partial charge in [-0.2, -0.15) is 0 Å². The van der Waals surface area contributed by atoms with E-state index in [9.17, 15) is 0 Å². The van der Waals surface area contributed by atoms with E-state index in [1.54, 1.807) is 6.07 Å². The highest BCUT2D eigenvalue weighted by atomic mass is 79.9. The lowest BCUT2D eigenvalue weighted by Crippen LogP contribution is -2.02. The fraction of sp³-hybridized carbons (Fsp3) is 0. The summed E-state index contributed by atoms with van der Waals surface area (Å²) in [5.41, 5.74) is 0.603. The molecule has 0 unspecified atom stereocenters. The first-order valence-electron chi connectivity index (χ1n) is 2.41. The third kappa shape index (κ3) is 1.49. The Bertz CT molecular complexity index is 204. The van der Waals surface area contributed by atoms with E-state index >= 15 is 0 Å². The van der Waals surface area contributed by atoms with Crippen molar-refractivity contribution in [3.63, 3.8) is 0 Å². The molecular formula is C6H3BBrCl. The summed E-state index contributed by atoms with van der Waals surface area (Å²) in [4.78, 5) is 0. The number of halogens is 2. The Morgan fingerprint density at radius 1 is 1.44 bits per heavy atom. The minimum absolute atomic E-state index is 0.581. The van der Waals surface area contributed by atoms with Crippen LogP contribution in [-0.4, -0.2) is 7.85 Å². The highest BCUT2D eigenvalue weighted by Gasteiger charge is 1.95. The molecule has 0 aliphatic rings. The Morgan fingerprint density at radius 3 is 2.56 bits per heavy atom. The van der Waals surface area contributed by atoms with E-state index in [4.69, 9.17) is 19.4 Å². The molecule has 3 heteroatoms. The fourth-order valence-corrected chi connectivity index (χ4v) is 1.03. The van der Waals surface area contributed by atoms with E-state index in [-0.39, 0.29) is 0 Å². The zero-order chi connectivity index (χ0) is 6.85. The molecule has 0 atom stereocenters. The van der Waals surface area contributed by atoms with Crippen LogP contribution >= 0.6 is 27.5 Å². The van der Waals surface area contributed by atoms with E-state index in [1.807, 2.05) is 12.1 Å². The minimum Gasteiger partial charge on any atom is -0.0838 e. The molecule has 0 aliphatic heterocycles. The lowest BCUT2D eigenvalue weighted by molar-refractivity contribution is 1.70. The fourth-order valence-electron chi connectivity index (χ4n) is 0.520. The van der Waals surface area contributed by atoms with E-state index in [2.05, 4.69) is 15.9 Å². The van der Waals surface area contributed by atoms with Gasteiger partial charge < -0.3 is 0 Å². The maximum atomic E-state index is 5.71. The van der Waals surface area contributed by atoms with Gasteiger partial charge >= 0.3 is 0 Å². The molecule has 0 bridgehead atoms. The van der Waals surface area contributed by atoms with Crippen LogP contribution in [0.15, 0.2) is 22.7 Å². The first-order chi connectivity index (χ1) is 4.22. The van der Waals surface area contributed by atoms with Crippen LogP contribution in [0, 0.1) is 0 Å². The summed E-state index contributed by atoms with van der Waals surface area (Å²) in [6.07, 6.45) is 0. The molecule has 0 amide bonds. The van der Waals surface area contributed by atoms with Crippen LogP contribution in [0.25, 0.3) is 0 Å². The van der Waals surface area contributed by atoms with Gasteiger partial charge in [-0.15, -0.1) is 0 Å². The SMILES string of the molecule is [B]c1cccc(Br)c1Cl. The van der Waals surface area contributed by atoms with Crippen molar-refractivity contribution in [3.05, 3.63) is 27.7 Å². The molecule has 0 spiro atoms. The lowest BCUT2D eigenvalue weighted by atomic mass is 9.97. The van der Waals surface area contributed by atoms with E-state index < -0.39 is 0 Å². The van der Waals surface area contributed by atoms with Gasteiger partial charge in [-0.05, 0) is 22.0 Å². The third-order valence-electron chi connectivity index (χ3n) is 0.981. The predicted molar refractivity (Wildman–Crippen MR) is 44.5 cm³/mol. The quantitative estimate of drug-likeness (QED) is 0.562. The molecule has 0 heterocycles. The number of benzene rings is 1. The highest BCUT2D eigenvalue weighted by Crippen LogP contribution is 2.18. The summed E-state index contributed by atoms with van der Waals surface area (Å²) in [7, 11) is 5.46. The lowest BCUT2D eigenvalue weighted by Gasteiger charge is -1.97. The van der Waals surface area contributed by atoms with Gasteiger partial charge in [-0.25, -0.2) is 0 Å². The van der Waals surface area contributed by atoms with Gasteiger partial charge in [0, 0.05) is 9.50 Å². The molecule has 0 saturated heterocycles. The summed E-state index contributed by atoms with van der Waals surface area (Å²) in [5, 5.41) is 0.581. The van der Waals surface area contributed by atoms with Gasteiger partial charge in [0.15, 0.2) is 0 Å². The second-order valence-corrected chi connectivity index (χ2v) is 2.88. The number of hydrogen-bond acceptors (Lipinski definition) is 0. The predicted octanol–water partition coefficient (Wildman–Crippen LogP) is 1.90. The molecular weight excluding hydrogens is 198 g/mol. The first kappa shape index (κ1) is 7.17. The third-order valence-corrected chi connectivity index (χ3v) is 2.29. The maximum Gasteiger partial charge on any atom is 0.115 e. The number of rotatable bonds is 0. The van der Waals surface area contributed by atoms with Crippen LogP contribution in [-0.2, 0) is 0 Å². The van der Waals surface area contributed by atoms with E-state index in [0.29, 0.717) is 10.5 Å². The van der Waals surface area contributed by atoms with Crippen LogP contribution in [0.4, 0.5) is 0 Å². The van der Waals surface area contributed by atoms with Crippen molar-refractivity contribution in [2.24, 2.45) is 0 Å². The summed E-state index contributed by atoms with van der Waals surface area (Å²) in [6.45, 7) is 0. The van der Waals surface area contributed by atoms with Gasteiger partial charge in [0.1, 0.15) is 7.85 Å². The second kappa shape index (κ2) is 2.76. The standard InChI is InChI=1S/C6H3BBrCl/c7-4-2-1-3-5(8)6(4)9/h1-3H. The monoisotopic (exact) mass is 200 g/mol. The van der Waals surface area contributed by atoms with Crippen LogP contribution in [0.1, 0.15) is 0 Å². The average molecular weight is 201 g/mol. The molecule has 0 fully saturated rings. The molecule has 0 saturated carbocycles. The molecule has 0 aliphatic carbocycles. The maximum absolute atomic E-state index is 5.71. The molecule has 0 N–H and O–H groups in total. The van der Waals surface area contributed by atoms with Crippen LogP contribution in [0.3, 0.4) is 0 Å². The smallest absolute Gasteiger partial charge is 0.0838 e. The molecule has 2 radical (unpaired) electrons. The zero-order valence-electron chi connectivity index (χ0n) is 4.57.